The van der Waals surface area contributed by atoms with Crippen molar-refractivity contribution in [2.75, 3.05) is 13.6 Å². The van der Waals surface area contributed by atoms with E-state index < -0.39 is 12.0 Å². The van der Waals surface area contributed by atoms with Gasteiger partial charge < -0.3 is 20.4 Å². The molecule has 1 fully saturated rings. The lowest BCUT2D eigenvalue weighted by atomic mass is 10.1. The molecule has 0 spiro atoms. The number of carboxylic acid groups (broad SMARTS) is 1. The third-order valence-electron chi connectivity index (χ3n) is 3.55. The second-order valence-corrected chi connectivity index (χ2v) is 5.53. The minimum absolute atomic E-state index is 0.124. The van der Waals surface area contributed by atoms with Gasteiger partial charge in [-0.3, -0.25) is 0 Å². The monoisotopic (exact) mass is 292 g/mol. The van der Waals surface area contributed by atoms with Gasteiger partial charge in [0.05, 0.1) is 0 Å². The predicted molar refractivity (Wildman–Crippen MR) is 77.1 cm³/mol. The van der Waals surface area contributed by atoms with Crippen molar-refractivity contribution in [2.45, 2.75) is 25.3 Å². The maximum Gasteiger partial charge on any atom is 0.326 e. The number of benzene rings is 1. The lowest BCUT2D eigenvalue weighted by Crippen LogP contribution is -2.48. The zero-order valence-electron chi connectivity index (χ0n) is 12.0. The number of carbonyl (C=O) groups excluding carboxylic acids is 1. The van der Waals surface area contributed by atoms with Crippen molar-refractivity contribution in [3.63, 3.8) is 0 Å². The molecule has 6 heteroatoms. The Labute approximate surface area is 123 Å². The molecule has 2 rings (SSSR count). The summed E-state index contributed by atoms with van der Waals surface area (Å²) in [5, 5.41) is 21.0. The highest BCUT2D eigenvalue weighted by Crippen LogP contribution is 2.29. The standard InChI is InChI=1S/C15H20N2O4/c1-17(9-11-2-3-11)15(21)16-13(14(19)20)8-10-4-6-12(18)7-5-10/h4-7,11,13,18H,2-3,8-9H2,1H3,(H,16,21)(H,19,20)/t13-/m1/s1. The maximum absolute atomic E-state index is 12.0. The summed E-state index contributed by atoms with van der Waals surface area (Å²) in [5.74, 6) is -0.392. The molecule has 0 bridgehead atoms. The summed E-state index contributed by atoms with van der Waals surface area (Å²) in [5.41, 5.74) is 0.741. The summed E-state index contributed by atoms with van der Waals surface area (Å²) in [6, 6.07) is 4.93. The number of rotatable bonds is 6. The Balaban J connectivity index is 1.93. The number of hydrogen-bond donors (Lipinski definition) is 3. The van der Waals surface area contributed by atoms with Crippen LogP contribution in [0.4, 0.5) is 4.79 Å². The smallest absolute Gasteiger partial charge is 0.326 e. The Morgan fingerprint density at radius 3 is 2.48 bits per heavy atom. The number of phenols is 1. The Bertz CT molecular complexity index is 511. The second-order valence-electron chi connectivity index (χ2n) is 5.53. The van der Waals surface area contributed by atoms with Crippen molar-refractivity contribution in [1.29, 1.82) is 0 Å². The topological polar surface area (TPSA) is 89.9 Å². The first-order valence-electron chi connectivity index (χ1n) is 6.98. The van der Waals surface area contributed by atoms with Crippen molar-refractivity contribution in [1.82, 2.24) is 10.2 Å². The Morgan fingerprint density at radius 1 is 1.33 bits per heavy atom. The van der Waals surface area contributed by atoms with Crippen LogP contribution in [-0.2, 0) is 11.2 Å². The minimum atomic E-state index is -1.07. The van der Waals surface area contributed by atoms with Gasteiger partial charge in [0.25, 0.3) is 0 Å². The Hall–Kier alpha value is -2.24. The van der Waals surface area contributed by atoms with Crippen molar-refractivity contribution in [2.24, 2.45) is 5.92 Å². The van der Waals surface area contributed by atoms with Crippen LogP contribution in [0.1, 0.15) is 18.4 Å². The third kappa shape index (κ3) is 4.66. The molecule has 1 atom stereocenters. The number of urea groups is 1. The summed E-state index contributed by atoms with van der Waals surface area (Å²) < 4.78 is 0. The zero-order valence-corrected chi connectivity index (χ0v) is 12.0. The molecule has 1 aliphatic rings. The highest BCUT2D eigenvalue weighted by atomic mass is 16.4. The lowest BCUT2D eigenvalue weighted by molar-refractivity contribution is -0.139. The fourth-order valence-electron chi connectivity index (χ4n) is 2.10. The molecule has 21 heavy (non-hydrogen) atoms. The number of phenolic OH excluding ortho intramolecular Hbond substituents is 1. The van der Waals surface area contributed by atoms with Crippen LogP contribution in [0.2, 0.25) is 0 Å². The number of carbonyl (C=O) groups is 2. The van der Waals surface area contributed by atoms with E-state index in [0.29, 0.717) is 12.5 Å². The molecule has 6 nitrogen and oxygen atoms in total. The van der Waals surface area contributed by atoms with E-state index in [1.807, 2.05) is 0 Å². The summed E-state index contributed by atoms with van der Waals surface area (Å²) in [4.78, 5) is 24.8. The minimum Gasteiger partial charge on any atom is -0.508 e. The van der Waals surface area contributed by atoms with E-state index in [-0.39, 0.29) is 18.2 Å². The van der Waals surface area contributed by atoms with Gasteiger partial charge in [-0.2, -0.15) is 0 Å². The van der Waals surface area contributed by atoms with Crippen LogP contribution in [0.15, 0.2) is 24.3 Å². The molecule has 1 aromatic carbocycles. The van der Waals surface area contributed by atoms with E-state index in [4.69, 9.17) is 0 Å². The highest BCUT2D eigenvalue weighted by Gasteiger charge is 2.27. The van der Waals surface area contributed by atoms with Crippen LogP contribution >= 0.6 is 0 Å². The molecule has 114 valence electrons. The first-order chi connectivity index (χ1) is 9.95. The van der Waals surface area contributed by atoms with Crippen LogP contribution in [-0.4, -0.2) is 46.7 Å². The number of nitrogens with one attached hydrogen (secondary N) is 1. The zero-order chi connectivity index (χ0) is 15.4. The molecule has 0 saturated heterocycles. The van der Waals surface area contributed by atoms with Gasteiger partial charge in [-0.15, -0.1) is 0 Å². The van der Waals surface area contributed by atoms with Crippen LogP contribution in [0.25, 0.3) is 0 Å². The first kappa shape index (κ1) is 15.2. The first-order valence-corrected chi connectivity index (χ1v) is 6.98. The number of nitrogens with zero attached hydrogens (tertiary/aromatic N) is 1. The Kier molecular flexibility index (Phi) is 4.67. The van der Waals surface area contributed by atoms with Gasteiger partial charge in [-0.25, -0.2) is 9.59 Å². The molecule has 0 aliphatic heterocycles. The number of carboxylic acids is 1. The van der Waals surface area contributed by atoms with E-state index in [9.17, 15) is 19.8 Å². The fourth-order valence-corrected chi connectivity index (χ4v) is 2.10. The van der Waals surface area contributed by atoms with Crippen molar-refractivity contribution in [3.8, 4) is 5.75 Å². The molecule has 1 saturated carbocycles. The summed E-state index contributed by atoms with van der Waals surface area (Å²) in [6.45, 7) is 0.664. The lowest BCUT2D eigenvalue weighted by Gasteiger charge is -2.21. The molecule has 1 aromatic rings. The van der Waals surface area contributed by atoms with E-state index in [0.717, 1.165) is 18.4 Å². The van der Waals surface area contributed by atoms with Crippen LogP contribution < -0.4 is 5.32 Å². The van der Waals surface area contributed by atoms with Gasteiger partial charge >= 0.3 is 12.0 Å². The third-order valence-corrected chi connectivity index (χ3v) is 3.55. The molecule has 2 amide bonds. The van der Waals surface area contributed by atoms with Crippen molar-refractivity contribution < 1.29 is 19.8 Å². The fraction of sp³-hybridized carbons (Fsp3) is 0.467. The maximum atomic E-state index is 12.0. The number of aromatic hydroxyl groups is 1. The van der Waals surface area contributed by atoms with Crippen LogP contribution in [0.3, 0.4) is 0 Å². The molecule has 0 unspecified atom stereocenters. The number of hydrogen-bond acceptors (Lipinski definition) is 3. The van der Waals surface area contributed by atoms with Crippen molar-refractivity contribution in [3.05, 3.63) is 29.8 Å². The van der Waals surface area contributed by atoms with E-state index >= 15 is 0 Å². The molecular formula is C15H20N2O4. The largest absolute Gasteiger partial charge is 0.508 e. The average molecular weight is 292 g/mol. The summed E-state index contributed by atoms with van der Waals surface area (Å²) in [6.07, 6.45) is 2.44. The summed E-state index contributed by atoms with van der Waals surface area (Å²) >= 11 is 0. The van der Waals surface area contributed by atoms with E-state index in [1.165, 1.54) is 17.0 Å². The van der Waals surface area contributed by atoms with Gasteiger partial charge in [0.2, 0.25) is 0 Å². The van der Waals surface area contributed by atoms with E-state index in [2.05, 4.69) is 5.32 Å². The Morgan fingerprint density at radius 2 is 1.95 bits per heavy atom. The molecule has 0 heterocycles. The van der Waals surface area contributed by atoms with Crippen molar-refractivity contribution >= 4 is 12.0 Å². The summed E-state index contributed by atoms with van der Waals surface area (Å²) in [7, 11) is 1.67. The molecule has 1 aliphatic carbocycles. The van der Waals surface area contributed by atoms with Gasteiger partial charge in [-0.05, 0) is 36.5 Å². The van der Waals surface area contributed by atoms with Crippen LogP contribution in [0.5, 0.6) is 5.75 Å². The number of aliphatic carboxylic acids is 1. The highest BCUT2D eigenvalue weighted by molar-refractivity contribution is 5.82. The molecule has 0 radical (unpaired) electrons. The molecular weight excluding hydrogens is 272 g/mol. The van der Waals surface area contributed by atoms with Gasteiger partial charge in [0.1, 0.15) is 11.8 Å². The molecule has 0 aromatic heterocycles. The van der Waals surface area contributed by atoms with Gasteiger partial charge in [0, 0.05) is 20.0 Å². The van der Waals surface area contributed by atoms with E-state index in [1.54, 1.807) is 19.2 Å². The normalized spacial score (nSPS) is 15.3. The number of amides is 2. The quantitative estimate of drug-likeness (QED) is 0.740. The second kappa shape index (κ2) is 6.47. The average Bonchev–Trinajstić information content (AvgIpc) is 3.24. The SMILES string of the molecule is CN(CC1CC1)C(=O)N[C@H](Cc1ccc(O)cc1)C(=O)O. The van der Waals surface area contributed by atoms with Gasteiger partial charge in [-0.1, -0.05) is 12.1 Å². The molecule has 3 N–H and O–H groups in total. The van der Waals surface area contributed by atoms with Gasteiger partial charge in [0.15, 0.2) is 0 Å². The van der Waals surface area contributed by atoms with Crippen LogP contribution in [0, 0.1) is 5.92 Å². The predicted octanol–water partition coefficient (Wildman–Crippen LogP) is 1.44.